The highest BCUT2D eigenvalue weighted by molar-refractivity contribution is 7.99. The number of aromatic nitrogens is 1. The van der Waals surface area contributed by atoms with Crippen LogP contribution in [0.3, 0.4) is 0 Å². The van der Waals surface area contributed by atoms with Crippen LogP contribution >= 0.6 is 11.8 Å². The lowest BCUT2D eigenvalue weighted by atomic mass is 10.2. The van der Waals surface area contributed by atoms with E-state index in [9.17, 15) is 5.11 Å². The summed E-state index contributed by atoms with van der Waals surface area (Å²) >= 11 is 1.79. The van der Waals surface area contributed by atoms with Crippen molar-refractivity contribution in [1.29, 1.82) is 0 Å². The van der Waals surface area contributed by atoms with Crippen LogP contribution in [0, 0.1) is 0 Å². The molecule has 1 aromatic rings. The van der Waals surface area contributed by atoms with Gasteiger partial charge in [0.25, 0.3) is 0 Å². The summed E-state index contributed by atoms with van der Waals surface area (Å²) in [4.78, 5) is 4.30. The first-order valence-corrected chi connectivity index (χ1v) is 6.49. The summed E-state index contributed by atoms with van der Waals surface area (Å²) in [5.74, 6) is 1.13. The van der Waals surface area contributed by atoms with E-state index >= 15 is 0 Å². The van der Waals surface area contributed by atoms with E-state index in [1.165, 1.54) is 19.3 Å². The third kappa shape index (κ3) is 4.67. The molecule has 1 atom stereocenters. The van der Waals surface area contributed by atoms with Crippen LogP contribution in [0.5, 0.6) is 0 Å². The highest BCUT2D eigenvalue weighted by Crippen LogP contribution is 2.19. The minimum absolute atomic E-state index is 0.420. The van der Waals surface area contributed by atoms with E-state index in [0.717, 1.165) is 16.3 Å². The second-order valence-electron chi connectivity index (χ2n) is 3.66. The molecule has 1 rings (SSSR count). The van der Waals surface area contributed by atoms with Crippen molar-refractivity contribution >= 4 is 11.8 Å². The van der Waals surface area contributed by atoms with Crippen LogP contribution < -0.4 is 0 Å². The normalized spacial score (nSPS) is 12.7. The molecule has 0 aliphatic rings. The van der Waals surface area contributed by atoms with Crippen LogP contribution in [0.2, 0.25) is 0 Å². The monoisotopic (exact) mass is 225 g/mol. The van der Waals surface area contributed by atoms with E-state index < -0.39 is 6.10 Å². The second kappa shape index (κ2) is 6.85. The molecule has 0 aliphatic carbocycles. The fourth-order valence-electron chi connectivity index (χ4n) is 1.25. The molecule has 0 bridgehead atoms. The molecule has 2 nitrogen and oxygen atoms in total. The fraction of sp³-hybridized carbons (Fsp3) is 0.583. The summed E-state index contributed by atoms with van der Waals surface area (Å²) in [5, 5.41) is 10.4. The van der Waals surface area contributed by atoms with Gasteiger partial charge in [-0.1, -0.05) is 25.8 Å². The van der Waals surface area contributed by atoms with E-state index in [0.29, 0.717) is 0 Å². The third-order valence-electron chi connectivity index (χ3n) is 2.24. The van der Waals surface area contributed by atoms with Gasteiger partial charge in [0, 0.05) is 6.20 Å². The molecule has 3 heteroatoms. The fourth-order valence-corrected chi connectivity index (χ4v) is 2.10. The minimum atomic E-state index is -0.420. The van der Waals surface area contributed by atoms with Gasteiger partial charge in [-0.05, 0) is 30.7 Å². The van der Waals surface area contributed by atoms with Crippen LogP contribution in [0.25, 0.3) is 0 Å². The standard InChI is InChI=1S/C12H19NOS/c1-3-4-5-8-15-12-7-6-11(9-13-12)10(2)14/h6-7,9-10,14H,3-5,8H2,1-2H3. The molecule has 0 saturated heterocycles. The zero-order valence-corrected chi connectivity index (χ0v) is 10.3. The van der Waals surface area contributed by atoms with Gasteiger partial charge in [-0.3, -0.25) is 0 Å². The van der Waals surface area contributed by atoms with Crippen LogP contribution in [0.1, 0.15) is 44.8 Å². The Morgan fingerprint density at radius 1 is 1.40 bits per heavy atom. The summed E-state index contributed by atoms with van der Waals surface area (Å²) in [6.07, 6.45) is 5.14. The van der Waals surface area contributed by atoms with Gasteiger partial charge >= 0.3 is 0 Å². The predicted molar refractivity (Wildman–Crippen MR) is 65.1 cm³/mol. The first-order chi connectivity index (χ1) is 7.24. The lowest BCUT2D eigenvalue weighted by Crippen LogP contribution is -1.92. The van der Waals surface area contributed by atoms with E-state index in [2.05, 4.69) is 11.9 Å². The van der Waals surface area contributed by atoms with Gasteiger partial charge in [0.1, 0.15) is 0 Å². The molecule has 15 heavy (non-hydrogen) atoms. The smallest absolute Gasteiger partial charge is 0.0960 e. The quantitative estimate of drug-likeness (QED) is 0.595. The van der Waals surface area contributed by atoms with Gasteiger partial charge in [-0.25, -0.2) is 4.98 Å². The second-order valence-corrected chi connectivity index (χ2v) is 4.78. The third-order valence-corrected chi connectivity index (χ3v) is 3.27. The van der Waals surface area contributed by atoms with Crippen LogP contribution in [-0.2, 0) is 0 Å². The maximum atomic E-state index is 9.31. The molecule has 0 amide bonds. The van der Waals surface area contributed by atoms with E-state index in [1.807, 2.05) is 12.1 Å². The van der Waals surface area contributed by atoms with Gasteiger partial charge < -0.3 is 5.11 Å². The van der Waals surface area contributed by atoms with Crippen molar-refractivity contribution in [3.05, 3.63) is 23.9 Å². The Labute approximate surface area is 96.1 Å². The van der Waals surface area contributed by atoms with Crippen LogP contribution in [-0.4, -0.2) is 15.8 Å². The number of aliphatic hydroxyl groups excluding tert-OH is 1. The minimum Gasteiger partial charge on any atom is -0.389 e. The summed E-state index contributed by atoms with van der Waals surface area (Å²) in [6.45, 7) is 3.96. The predicted octanol–water partition coefficient (Wildman–Crippen LogP) is 3.42. The van der Waals surface area contributed by atoms with Gasteiger partial charge in [0.2, 0.25) is 0 Å². The molecule has 0 saturated carbocycles. The van der Waals surface area contributed by atoms with Gasteiger partial charge in [0.05, 0.1) is 11.1 Å². The number of unbranched alkanes of at least 4 members (excludes halogenated alkanes) is 2. The molecule has 84 valence electrons. The van der Waals surface area contributed by atoms with Crippen LogP contribution in [0.4, 0.5) is 0 Å². The molecule has 0 aliphatic heterocycles. The van der Waals surface area contributed by atoms with Crippen molar-refractivity contribution in [2.24, 2.45) is 0 Å². The number of nitrogens with zero attached hydrogens (tertiary/aromatic N) is 1. The van der Waals surface area contributed by atoms with Crippen molar-refractivity contribution in [3.63, 3.8) is 0 Å². The van der Waals surface area contributed by atoms with Gasteiger partial charge in [-0.15, -0.1) is 11.8 Å². The van der Waals surface area contributed by atoms with E-state index in [4.69, 9.17) is 0 Å². The molecule has 1 N–H and O–H groups in total. The summed E-state index contributed by atoms with van der Waals surface area (Å²) in [7, 11) is 0. The SMILES string of the molecule is CCCCCSc1ccc(C(C)O)cn1. The lowest BCUT2D eigenvalue weighted by molar-refractivity contribution is 0.198. The molecule has 0 aromatic carbocycles. The number of thioether (sulfide) groups is 1. The Kier molecular flexibility index (Phi) is 5.73. The first kappa shape index (κ1) is 12.5. The van der Waals surface area contributed by atoms with Crippen molar-refractivity contribution in [2.75, 3.05) is 5.75 Å². The molecular weight excluding hydrogens is 206 g/mol. The highest BCUT2D eigenvalue weighted by Gasteiger charge is 2.01. The molecule has 0 radical (unpaired) electrons. The molecular formula is C12H19NOS. The zero-order valence-electron chi connectivity index (χ0n) is 9.44. The Morgan fingerprint density at radius 2 is 2.20 bits per heavy atom. The van der Waals surface area contributed by atoms with Gasteiger partial charge in [-0.2, -0.15) is 0 Å². The average Bonchev–Trinajstić information content (AvgIpc) is 2.25. The maximum absolute atomic E-state index is 9.31. The molecule has 1 aromatic heterocycles. The van der Waals surface area contributed by atoms with E-state index in [1.54, 1.807) is 24.9 Å². The average molecular weight is 225 g/mol. The number of hydrogen-bond acceptors (Lipinski definition) is 3. The maximum Gasteiger partial charge on any atom is 0.0960 e. The Hall–Kier alpha value is -0.540. The molecule has 0 fully saturated rings. The summed E-state index contributed by atoms with van der Waals surface area (Å²) in [5.41, 5.74) is 0.882. The van der Waals surface area contributed by atoms with Gasteiger partial charge in [0.15, 0.2) is 0 Å². The molecule has 1 heterocycles. The van der Waals surface area contributed by atoms with Crippen molar-refractivity contribution < 1.29 is 5.11 Å². The Balaban J connectivity index is 2.36. The topological polar surface area (TPSA) is 33.1 Å². The Bertz CT molecular complexity index is 271. The molecule has 0 spiro atoms. The van der Waals surface area contributed by atoms with Crippen molar-refractivity contribution in [3.8, 4) is 0 Å². The number of aliphatic hydroxyl groups is 1. The molecule has 1 unspecified atom stereocenters. The zero-order chi connectivity index (χ0) is 11.1. The largest absolute Gasteiger partial charge is 0.389 e. The number of hydrogen-bond donors (Lipinski definition) is 1. The van der Waals surface area contributed by atoms with Crippen molar-refractivity contribution in [1.82, 2.24) is 4.98 Å². The lowest BCUT2D eigenvalue weighted by Gasteiger charge is -2.05. The summed E-state index contributed by atoms with van der Waals surface area (Å²) in [6, 6.07) is 3.93. The number of pyridine rings is 1. The van der Waals surface area contributed by atoms with Crippen molar-refractivity contribution in [2.45, 2.75) is 44.2 Å². The summed E-state index contributed by atoms with van der Waals surface area (Å²) < 4.78 is 0. The van der Waals surface area contributed by atoms with E-state index in [-0.39, 0.29) is 0 Å². The number of rotatable bonds is 6. The van der Waals surface area contributed by atoms with Crippen LogP contribution in [0.15, 0.2) is 23.4 Å². The Morgan fingerprint density at radius 3 is 2.73 bits per heavy atom. The first-order valence-electron chi connectivity index (χ1n) is 5.51. The highest BCUT2D eigenvalue weighted by atomic mass is 32.2.